The van der Waals surface area contributed by atoms with Gasteiger partial charge in [-0.3, -0.25) is 14.5 Å². The maximum Gasteiger partial charge on any atom is 0.325 e. The van der Waals surface area contributed by atoms with Crippen molar-refractivity contribution in [3.8, 4) is 0 Å². The summed E-state index contributed by atoms with van der Waals surface area (Å²) in [6.45, 7) is -0.347. The Kier molecular flexibility index (Phi) is 3.91. The lowest BCUT2D eigenvalue weighted by Gasteiger charge is -2.31. The molecule has 0 bridgehead atoms. The number of aromatic nitrogens is 2. The van der Waals surface area contributed by atoms with Crippen LogP contribution >= 0.6 is 23.1 Å². The van der Waals surface area contributed by atoms with E-state index in [1.165, 1.54) is 0 Å². The number of imide groups is 1. The first-order valence-electron chi connectivity index (χ1n) is 8.80. The highest BCUT2D eigenvalue weighted by Gasteiger charge is 2.54. The molecule has 10 heteroatoms. The zero-order valence-corrected chi connectivity index (χ0v) is 16.2. The van der Waals surface area contributed by atoms with Crippen LogP contribution in [0.3, 0.4) is 0 Å². The van der Waals surface area contributed by atoms with Crippen LogP contribution in [-0.4, -0.2) is 38.0 Å². The lowest BCUT2D eigenvalue weighted by molar-refractivity contribution is -0.134. The van der Waals surface area contributed by atoms with Crippen molar-refractivity contribution >= 4 is 57.6 Å². The fourth-order valence-electron chi connectivity index (χ4n) is 3.93. The summed E-state index contributed by atoms with van der Waals surface area (Å²) in [5.74, 6) is -0.817. The molecule has 2 aliphatic rings. The fourth-order valence-corrected chi connectivity index (χ4v) is 5.47. The van der Waals surface area contributed by atoms with Crippen LogP contribution in [0.5, 0.6) is 0 Å². The van der Waals surface area contributed by atoms with Gasteiger partial charge in [0, 0.05) is 10.4 Å². The molecule has 1 saturated heterocycles. The predicted octanol–water partition coefficient (Wildman–Crippen LogP) is 2.47. The molecule has 0 saturated carbocycles. The van der Waals surface area contributed by atoms with Crippen molar-refractivity contribution in [1.82, 2.24) is 19.0 Å². The largest absolute Gasteiger partial charge is 0.325 e. The molecule has 1 aromatic carbocycles. The molecule has 3 aromatic rings. The third-order valence-corrected chi connectivity index (χ3v) is 6.72. The maximum absolute atomic E-state index is 13.2. The lowest BCUT2D eigenvalue weighted by atomic mass is 9.80. The summed E-state index contributed by atoms with van der Waals surface area (Å²) >= 11 is 2.65. The van der Waals surface area contributed by atoms with Gasteiger partial charge in [-0.25, -0.2) is 4.79 Å². The zero-order valence-electron chi connectivity index (χ0n) is 14.6. The van der Waals surface area contributed by atoms with Crippen molar-refractivity contribution in [2.24, 2.45) is 0 Å². The molecule has 2 aromatic heterocycles. The minimum Gasteiger partial charge on any atom is -0.323 e. The molecule has 1 spiro atoms. The number of nitrogens with one attached hydrogen (secondary N) is 2. The number of carbonyl (C=O) groups excluding carboxylic acids is 3. The van der Waals surface area contributed by atoms with E-state index in [0.717, 1.165) is 39.9 Å². The van der Waals surface area contributed by atoms with E-state index in [9.17, 15) is 14.4 Å². The summed E-state index contributed by atoms with van der Waals surface area (Å²) in [6.07, 6.45) is 2.27. The van der Waals surface area contributed by atoms with Crippen molar-refractivity contribution < 1.29 is 14.4 Å². The molecular formula is C18H15N5O3S2. The molecule has 0 radical (unpaired) electrons. The first-order valence-corrected chi connectivity index (χ1v) is 10.4. The number of thiophene rings is 1. The van der Waals surface area contributed by atoms with Crippen molar-refractivity contribution in [3.63, 3.8) is 0 Å². The molecule has 1 aliphatic carbocycles. The van der Waals surface area contributed by atoms with Gasteiger partial charge in [-0.15, -0.1) is 11.3 Å². The topological polar surface area (TPSA) is 104 Å². The molecule has 142 valence electrons. The van der Waals surface area contributed by atoms with Gasteiger partial charge in [0.25, 0.3) is 5.91 Å². The Morgan fingerprint density at radius 1 is 1.29 bits per heavy atom. The molecule has 5 rings (SSSR count). The normalized spacial score (nSPS) is 21.2. The van der Waals surface area contributed by atoms with Crippen LogP contribution in [0.4, 0.5) is 10.5 Å². The second kappa shape index (κ2) is 6.35. The number of amides is 4. The van der Waals surface area contributed by atoms with Crippen molar-refractivity contribution in [2.75, 3.05) is 11.9 Å². The minimum atomic E-state index is -1.04. The number of nitrogens with zero attached hydrogens (tertiary/aromatic N) is 3. The van der Waals surface area contributed by atoms with Gasteiger partial charge in [0.2, 0.25) is 5.91 Å². The van der Waals surface area contributed by atoms with Crippen LogP contribution in [0.1, 0.15) is 23.3 Å². The molecule has 1 atom stereocenters. The van der Waals surface area contributed by atoms with E-state index in [0.29, 0.717) is 23.1 Å². The molecule has 1 aliphatic heterocycles. The average Bonchev–Trinajstić information content (AvgIpc) is 3.39. The third-order valence-electron chi connectivity index (χ3n) is 5.20. The van der Waals surface area contributed by atoms with Crippen LogP contribution in [0.15, 0.2) is 29.6 Å². The summed E-state index contributed by atoms with van der Waals surface area (Å²) in [5, 5.41) is 7.53. The zero-order chi connectivity index (χ0) is 19.3. The summed E-state index contributed by atoms with van der Waals surface area (Å²) in [6, 6.07) is 6.65. The average molecular weight is 413 g/mol. The smallest absolute Gasteiger partial charge is 0.323 e. The number of aryl methyl sites for hydroxylation is 1. The SMILES string of the molecule is O=C(CN1C(=O)N[C@@]2(CCCc3sccc32)C1=O)Nc1cccc2nsnc12. The van der Waals surface area contributed by atoms with Crippen LogP contribution in [0, 0.1) is 0 Å². The van der Waals surface area contributed by atoms with Gasteiger partial charge >= 0.3 is 6.03 Å². The number of hydrogen-bond donors (Lipinski definition) is 2. The van der Waals surface area contributed by atoms with Gasteiger partial charge in [-0.1, -0.05) is 6.07 Å². The lowest BCUT2D eigenvalue weighted by Crippen LogP contribution is -2.46. The Hall–Kier alpha value is -2.85. The summed E-state index contributed by atoms with van der Waals surface area (Å²) in [5.41, 5.74) is 1.61. The Balaban J connectivity index is 1.38. The van der Waals surface area contributed by atoms with Crippen LogP contribution in [0.2, 0.25) is 0 Å². The molecule has 8 nitrogen and oxygen atoms in total. The molecule has 2 N–H and O–H groups in total. The van der Waals surface area contributed by atoms with Gasteiger partial charge < -0.3 is 10.6 Å². The number of carbonyl (C=O) groups is 3. The number of hydrogen-bond acceptors (Lipinski definition) is 7. The number of anilines is 1. The Morgan fingerprint density at radius 3 is 3.07 bits per heavy atom. The minimum absolute atomic E-state index is 0.347. The van der Waals surface area contributed by atoms with Gasteiger partial charge in [-0.2, -0.15) is 8.75 Å². The quantitative estimate of drug-likeness (QED) is 0.642. The fraction of sp³-hybridized carbons (Fsp3) is 0.278. The van der Waals surface area contributed by atoms with Gasteiger partial charge in [0.05, 0.1) is 17.4 Å². The van der Waals surface area contributed by atoms with Gasteiger partial charge in [0.15, 0.2) is 0 Å². The van der Waals surface area contributed by atoms with E-state index >= 15 is 0 Å². The number of urea groups is 1. The first-order chi connectivity index (χ1) is 13.6. The van der Waals surface area contributed by atoms with Gasteiger partial charge in [-0.05, 0) is 42.8 Å². The molecule has 4 amide bonds. The highest BCUT2D eigenvalue weighted by atomic mass is 32.1. The Bertz CT molecular complexity index is 1120. The number of rotatable bonds is 3. The molecule has 28 heavy (non-hydrogen) atoms. The maximum atomic E-state index is 13.2. The summed E-state index contributed by atoms with van der Waals surface area (Å²) in [4.78, 5) is 40.4. The second-order valence-corrected chi connectivity index (χ2v) is 8.35. The van der Waals surface area contributed by atoms with Crippen LogP contribution in [0.25, 0.3) is 11.0 Å². The van der Waals surface area contributed by atoms with E-state index in [1.54, 1.807) is 29.5 Å². The third kappa shape index (κ3) is 2.52. The highest BCUT2D eigenvalue weighted by molar-refractivity contribution is 7.10. The second-order valence-electron chi connectivity index (χ2n) is 6.82. The van der Waals surface area contributed by atoms with Crippen molar-refractivity contribution in [1.29, 1.82) is 0 Å². The van der Waals surface area contributed by atoms with E-state index in [-0.39, 0.29) is 12.5 Å². The summed E-state index contributed by atoms with van der Waals surface area (Å²) < 4.78 is 8.32. The predicted molar refractivity (Wildman–Crippen MR) is 105 cm³/mol. The standard InChI is InChI=1S/C18H15N5O3S2/c24-14(19-11-3-1-4-12-15(11)22-28-21-12)9-23-16(25)18(20-17(23)26)7-2-5-13-10(18)6-8-27-13/h1,3-4,6,8H,2,5,7,9H2,(H,19,24)(H,20,26)/t18-/m1/s1. The van der Waals surface area contributed by atoms with Crippen LogP contribution in [-0.2, 0) is 21.5 Å². The van der Waals surface area contributed by atoms with Crippen LogP contribution < -0.4 is 10.6 Å². The molecule has 1 fully saturated rings. The molecule has 3 heterocycles. The van der Waals surface area contributed by atoms with Crippen molar-refractivity contribution in [2.45, 2.75) is 24.8 Å². The van der Waals surface area contributed by atoms with E-state index in [4.69, 9.17) is 0 Å². The van der Waals surface area contributed by atoms with E-state index in [1.807, 2.05) is 11.4 Å². The summed E-state index contributed by atoms with van der Waals surface area (Å²) in [7, 11) is 0. The van der Waals surface area contributed by atoms with E-state index in [2.05, 4.69) is 19.4 Å². The number of fused-ring (bicyclic) bond motifs is 3. The first kappa shape index (κ1) is 17.3. The van der Waals surface area contributed by atoms with Crippen molar-refractivity contribution in [3.05, 3.63) is 40.1 Å². The number of benzene rings is 1. The monoisotopic (exact) mass is 413 g/mol. The Labute approximate surface area is 167 Å². The van der Waals surface area contributed by atoms with Gasteiger partial charge in [0.1, 0.15) is 23.1 Å². The highest BCUT2D eigenvalue weighted by Crippen LogP contribution is 2.42. The Morgan fingerprint density at radius 2 is 2.18 bits per heavy atom. The molecule has 0 unspecified atom stereocenters. The molecular weight excluding hydrogens is 398 g/mol. The van der Waals surface area contributed by atoms with E-state index < -0.39 is 17.5 Å².